The molecular formula is C16H19N3O2S2. The Labute approximate surface area is 143 Å². The monoisotopic (exact) mass is 349 g/mol. The number of piperazine rings is 1. The molecule has 3 rings (SSSR count). The highest BCUT2D eigenvalue weighted by Gasteiger charge is 2.25. The highest BCUT2D eigenvalue weighted by molar-refractivity contribution is 7.12. The first-order valence-corrected chi connectivity index (χ1v) is 9.37. The lowest BCUT2D eigenvalue weighted by atomic mass is 10.2. The summed E-state index contributed by atoms with van der Waals surface area (Å²) >= 11 is 3.08. The number of rotatable bonds is 3. The zero-order valence-corrected chi connectivity index (χ0v) is 14.5. The summed E-state index contributed by atoms with van der Waals surface area (Å²) in [7, 11) is 0. The molecule has 3 amide bonds. The van der Waals surface area contributed by atoms with Gasteiger partial charge in [-0.3, -0.25) is 4.79 Å². The van der Waals surface area contributed by atoms with E-state index >= 15 is 0 Å². The van der Waals surface area contributed by atoms with Gasteiger partial charge in [-0.15, -0.1) is 11.3 Å². The number of hydrogen-bond acceptors (Lipinski definition) is 4. The van der Waals surface area contributed by atoms with Crippen LogP contribution in [0.5, 0.6) is 0 Å². The first-order chi connectivity index (χ1) is 11.1. The van der Waals surface area contributed by atoms with Crippen LogP contribution in [-0.2, 0) is 0 Å². The third-order valence-electron chi connectivity index (χ3n) is 3.97. The van der Waals surface area contributed by atoms with Crippen molar-refractivity contribution < 1.29 is 9.59 Å². The predicted octanol–water partition coefficient (Wildman–Crippen LogP) is 3.04. The van der Waals surface area contributed by atoms with Gasteiger partial charge in [0.15, 0.2) is 0 Å². The van der Waals surface area contributed by atoms with Crippen LogP contribution in [0.25, 0.3) is 0 Å². The molecule has 1 N–H and O–H groups in total. The zero-order chi connectivity index (χ0) is 16.2. The van der Waals surface area contributed by atoms with Gasteiger partial charge in [0.05, 0.1) is 10.9 Å². The summed E-state index contributed by atoms with van der Waals surface area (Å²) in [4.78, 5) is 29.0. The molecule has 23 heavy (non-hydrogen) atoms. The van der Waals surface area contributed by atoms with E-state index < -0.39 is 0 Å². The number of hydrogen-bond donors (Lipinski definition) is 1. The molecule has 5 nitrogen and oxygen atoms in total. The molecule has 1 fully saturated rings. The molecule has 1 saturated heterocycles. The Morgan fingerprint density at radius 3 is 2.48 bits per heavy atom. The van der Waals surface area contributed by atoms with Crippen molar-refractivity contribution in [2.75, 3.05) is 26.2 Å². The van der Waals surface area contributed by atoms with Gasteiger partial charge in [-0.25, -0.2) is 4.79 Å². The van der Waals surface area contributed by atoms with Crippen LogP contribution >= 0.6 is 22.7 Å². The van der Waals surface area contributed by atoms with Crippen molar-refractivity contribution in [2.45, 2.75) is 13.0 Å². The van der Waals surface area contributed by atoms with E-state index in [1.807, 2.05) is 46.2 Å². The van der Waals surface area contributed by atoms with Crippen molar-refractivity contribution in [2.24, 2.45) is 0 Å². The Kier molecular flexibility index (Phi) is 4.97. The largest absolute Gasteiger partial charge is 0.334 e. The molecule has 3 heterocycles. The average Bonchev–Trinajstić information content (AvgIpc) is 3.27. The third-order valence-corrected chi connectivity index (χ3v) is 5.53. The van der Waals surface area contributed by atoms with E-state index in [1.165, 1.54) is 11.3 Å². The van der Waals surface area contributed by atoms with Crippen molar-refractivity contribution >= 4 is 34.6 Å². The first-order valence-electron chi connectivity index (χ1n) is 7.55. The standard InChI is InChI=1S/C16H19N3O2S2/c1-12(13-4-10-22-11-13)17-16(21)19-7-5-18(6-8-19)15(20)14-3-2-9-23-14/h2-4,9-12H,5-8H2,1H3,(H,17,21). The summed E-state index contributed by atoms with van der Waals surface area (Å²) in [6, 6.07) is 5.68. The van der Waals surface area contributed by atoms with Gasteiger partial charge in [-0.1, -0.05) is 6.07 Å². The van der Waals surface area contributed by atoms with Crippen molar-refractivity contribution in [1.82, 2.24) is 15.1 Å². The summed E-state index contributed by atoms with van der Waals surface area (Å²) in [5.41, 5.74) is 1.12. The van der Waals surface area contributed by atoms with Crippen molar-refractivity contribution in [3.63, 3.8) is 0 Å². The number of urea groups is 1. The van der Waals surface area contributed by atoms with Gasteiger partial charge in [0, 0.05) is 26.2 Å². The van der Waals surface area contributed by atoms with E-state index in [-0.39, 0.29) is 18.0 Å². The number of nitrogens with zero attached hydrogens (tertiary/aromatic N) is 2. The molecule has 1 unspecified atom stereocenters. The molecule has 1 atom stereocenters. The van der Waals surface area contributed by atoms with Gasteiger partial charge in [0.1, 0.15) is 0 Å². The van der Waals surface area contributed by atoms with E-state index in [0.29, 0.717) is 26.2 Å². The van der Waals surface area contributed by atoms with Crippen LogP contribution in [-0.4, -0.2) is 47.9 Å². The fourth-order valence-electron chi connectivity index (χ4n) is 2.55. The molecule has 122 valence electrons. The quantitative estimate of drug-likeness (QED) is 0.926. The van der Waals surface area contributed by atoms with Crippen LogP contribution in [0.4, 0.5) is 4.79 Å². The molecule has 2 aromatic rings. The second kappa shape index (κ2) is 7.14. The maximum absolute atomic E-state index is 12.3. The van der Waals surface area contributed by atoms with E-state index in [1.54, 1.807) is 16.2 Å². The second-order valence-corrected chi connectivity index (χ2v) is 7.21. The van der Waals surface area contributed by atoms with Crippen LogP contribution < -0.4 is 5.32 Å². The fourth-order valence-corrected chi connectivity index (χ4v) is 3.99. The van der Waals surface area contributed by atoms with E-state index in [2.05, 4.69) is 5.32 Å². The van der Waals surface area contributed by atoms with Crippen LogP contribution in [0.15, 0.2) is 34.3 Å². The number of thiophene rings is 2. The molecule has 0 spiro atoms. The van der Waals surface area contributed by atoms with Crippen LogP contribution in [0.3, 0.4) is 0 Å². The topological polar surface area (TPSA) is 52.7 Å². The maximum atomic E-state index is 12.3. The SMILES string of the molecule is CC(NC(=O)N1CCN(C(=O)c2cccs2)CC1)c1ccsc1. The summed E-state index contributed by atoms with van der Waals surface area (Å²) in [5, 5.41) is 8.97. The maximum Gasteiger partial charge on any atom is 0.317 e. The van der Waals surface area contributed by atoms with Crippen LogP contribution in [0.1, 0.15) is 28.2 Å². The highest BCUT2D eigenvalue weighted by atomic mass is 32.1. The van der Waals surface area contributed by atoms with Crippen LogP contribution in [0, 0.1) is 0 Å². The Hall–Kier alpha value is -1.86. The number of carbonyl (C=O) groups excluding carboxylic acids is 2. The molecule has 0 aliphatic carbocycles. The molecule has 2 aromatic heterocycles. The Bertz CT molecular complexity index is 647. The number of amides is 3. The molecule has 7 heteroatoms. The number of nitrogens with one attached hydrogen (secondary N) is 1. The number of carbonyl (C=O) groups is 2. The van der Waals surface area contributed by atoms with Gasteiger partial charge < -0.3 is 15.1 Å². The van der Waals surface area contributed by atoms with Gasteiger partial charge in [0.25, 0.3) is 5.91 Å². The summed E-state index contributed by atoms with van der Waals surface area (Å²) in [6.07, 6.45) is 0. The molecule has 1 aliphatic rings. The first kappa shape index (κ1) is 16.0. The Morgan fingerprint density at radius 2 is 1.87 bits per heavy atom. The summed E-state index contributed by atoms with van der Waals surface area (Å²) < 4.78 is 0. The molecular weight excluding hydrogens is 330 g/mol. The smallest absolute Gasteiger partial charge is 0.317 e. The average molecular weight is 349 g/mol. The van der Waals surface area contributed by atoms with Gasteiger partial charge in [-0.2, -0.15) is 11.3 Å². The van der Waals surface area contributed by atoms with Gasteiger partial charge in [-0.05, 0) is 40.8 Å². The Balaban J connectivity index is 1.50. The minimum atomic E-state index is -0.0630. The van der Waals surface area contributed by atoms with Crippen molar-refractivity contribution in [1.29, 1.82) is 0 Å². The van der Waals surface area contributed by atoms with E-state index in [4.69, 9.17) is 0 Å². The second-order valence-electron chi connectivity index (χ2n) is 5.48. The molecule has 0 bridgehead atoms. The summed E-state index contributed by atoms with van der Waals surface area (Å²) in [6.45, 7) is 4.28. The highest BCUT2D eigenvalue weighted by Crippen LogP contribution is 2.17. The minimum absolute atomic E-state index is 0.000435. The zero-order valence-electron chi connectivity index (χ0n) is 12.9. The third kappa shape index (κ3) is 3.73. The van der Waals surface area contributed by atoms with Gasteiger partial charge >= 0.3 is 6.03 Å². The predicted molar refractivity (Wildman–Crippen MR) is 93.1 cm³/mol. The van der Waals surface area contributed by atoms with Crippen molar-refractivity contribution in [3.8, 4) is 0 Å². The summed E-state index contributed by atoms with van der Waals surface area (Å²) in [5.74, 6) is 0.0618. The van der Waals surface area contributed by atoms with Crippen molar-refractivity contribution in [3.05, 3.63) is 44.8 Å². The van der Waals surface area contributed by atoms with E-state index in [9.17, 15) is 9.59 Å². The molecule has 0 aromatic carbocycles. The van der Waals surface area contributed by atoms with Crippen LogP contribution in [0.2, 0.25) is 0 Å². The fraction of sp³-hybridized carbons (Fsp3) is 0.375. The minimum Gasteiger partial charge on any atom is -0.334 e. The van der Waals surface area contributed by atoms with E-state index in [0.717, 1.165) is 10.4 Å². The lowest BCUT2D eigenvalue weighted by Gasteiger charge is -2.35. The van der Waals surface area contributed by atoms with Gasteiger partial charge in [0.2, 0.25) is 0 Å². The molecule has 1 aliphatic heterocycles. The molecule has 0 radical (unpaired) electrons. The lowest BCUT2D eigenvalue weighted by Crippen LogP contribution is -2.53. The lowest BCUT2D eigenvalue weighted by molar-refractivity contribution is 0.0668. The normalized spacial score (nSPS) is 16.2. The Morgan fingerprint density at radius 1 is 1.13 bits per heavy atom. The molecule has 0 saturated carbocycles.